The first-order valence-corrected chi connectivity index (χ1v) is 13.7. The van der Waals surface area contributed by atoms with Crippen molar-refractivity contribution in [3.05, 3.63) is 83.1 Å². The van der Waals surface area contributed by atoms with Gasteiger partial charge in [0.1, 0.15) is 11.6 Å². The van der Waals surface area contributed by atoms with E-state index in [2.05, 4.69) is 0 Å². The zero-order valence-electron chi connectivity index (χ0n) is 23.6. The molecule has 3 aliphatic heterocycles. The van der Waals surface area contributed by atoms with Gasteiger partial charge in [-0.05, 0) is 37.8 Å². The molecule has 5 rings (SSSR count). The third kappa shape index (κ3) is 4.86. The van der Waals surface area contributed by atoms with Crippen LogP contribution in [0, 0.1) is 11.8 Å². The number of carbonyl (C=O) groups excluding carboxylic acids is 4. The zero-order valence-corrected chi connectivity index (χ0v) is 23.6. The minimum atomic E-state index is -1.34. The highest BCUT2D eigenvalue weighted by Gasteiger charge is 2.68. The number of fused-ring (bicyclic) bond motifs is 2. The Morgan fingerprint density at radius 1 is 0.951 bits per heavy atom. The van der Waals surface area contributed by atoms with Gasteiger partial charge in [0, 0.05) is 24.4 Å². The van der Waals surface area contributed by atoms with E-state index in [-0.39, 0.29) is 30.3 Å². The third-order valence-electron chi connectivity index (χ3n) is 8.36. The van der Waals surface area contributed by atoms with E-state index in [0.29, 0.717) is 13.0 Å². The summed E-state index contributed by atoms with van der Waals surface area (Å²) in [4.78, 5) is 61.8. The van der Waals surface area contributed by atoms with Crippen molar-refractivity contribution in [2.24, 2.45) is 11.8 Å². The number of piperidine rings is 1. The van der Waals surface area contributed by atoms with Crippen molar-refractivity contribution in [2.75, 3.05) is 20.8 Å². The van der Waals surface area contributed by atoms with Crippen molar-refractivity contribution in [3.63, 3.8) is 0 Å². The molecule has 0 spiro atoms. The van der Waals surface area contributed by atoms with Crippen LogP contribution in [0.1, 0.15) is 31.4 Å². The van der Waals surface area contributed by atoms with Crippen molar-refractivity contribution in [1.82, 2.24) is 9.96 Å². The first-order chi connectivity index (χ1) is 19.7. The summed E-state index contributed by atoms with van der Waals surface area (Å²) in [5.41, 5.74) is 0.529. The first kappa shape index (κ1) is 28.4. The molecule has 10 heteroatoms. The van der Waals surface area contributed by atoms with Gasteiger partial charge in [0.2, 0.25) is 11.7 Å². The van der Waals surface area contributed by atoms with Crippen LogP contribution < -0.4 is 0 Å². The van der Waals surface area contributed by atoms with E-state index in [1.807, 2.05) is 65.6 Å². The number of benzene rings is 2. The fourth-order valence-corrected chi connectivity index (χ4v) is 6.62. The number of amides is 1. The molecule has 0 bridgehead atoms. The summed E-state index contributed by atoms with van der Waals surface area (Å²) in [6.07, 6.45) is 0.607. The highest BCUT2D eigenvalue weighted by atomic mass is 16.7. The quantitative estimate of drug-likeness (QED) is 0.354. The van der Waals surface area contributed by atoms with E-state index in [0.717, 1.165) is 11.1 Å². The van der Waals surface area contributed by atoms with E-state index in [9.17, 15) is 19.2 Å². The molecule has 10 nitrogen and oxygen atoms in total. The summed E-state index contributed by atoms with van der Waals surface area (Å²) < 4.78 is 15.5. The third-order valence-corrected chi connectivity index (χ3v) is 8.36. The number of hydrogen-bond donors (Lipinski definition) is 0. The number of likely N-dealkylation sites (tertiary alicyclic amines) is 1. The average Bonchev–Trinajstić information content (AvgIpc) is 3.42. The fourth-order valence-electron chi connectivity index (χ4n) is 6.62. The number of hydrogen-bond acceptors (Lipinski definition) is 9. The monoisotopic (exact) mass is 562 g/mol. The van der Waals surface area contributed by atoms with Crippen LogP contribution in [-0.2, 0) is 51.2 Å². The molecule has 1 amide bonds. The van der Waals surface area contributed by atoms with E-state index in [1.165, 1.54) is 19.3 Å². The number of ether oxygens (including phenoxy) is 3. The summed E-state index contributed by atoms with van der Waals surface area (Å²) in [7, 11) is 2.37. The second-order valence-corrected chi connectivity index (χ2v) is 10.7. The van der Waals surface area contributed by atoms with Crippen molar-refractivity contribution < 1.29 is 38.2 Å². The van der Waals surface area contributed by atoms with Gasteiger partial charge in [-0.25, -0.2) is 9.59 Å². The number of rotatable bonds is 8. The highest BCUT2D eigenvalue weighted by Crippen LogP contribution is 2.54. The molecular weight excluding hydrogens is 528 g/mol. The van der Waals surface area contributed by atoms with Gasteiger partial charge >= 0.3 is 17.9 Å². The Labute approximate surface area is 238 Å². The summed E-state index contributed by atoms with van der Waals surface area (Å²) in [6, 6.07) is 17.9. The van der Waals surface area contributed by atoms with E-state index >= 15 is 0 Å². The molecule has 2 fully saturated rings. The van der Waals surface area contributed by atoms with Gasteiger partial charge in [0.25, 0.3) is 0 Å². The summed E-state index contributed by atoms with van der Waals surface area (Å²) in [6.45, 7) is 3.83. The highest BCUT2D eigenvalue weighted by molar-refractivity contribution is 6.02. The van der Waals surface area contributed by atoms with Gasteiger partial charge in [-0.1, -0.05) is 60.7 Å². The number of esters is 3. The normalized spacial score (nSPS) is 27.1. The molecule has 0 aliphatic carbocycles. The SMILES string of the molecule is CCOC(=O)[C@@H]1[C@@H]2[C@@H](C[C@@]3(C)C(C(=O)OC)=C(C(=O)OC)ON13)C(=O)N(Cc1ccccc1)[C@H]2Cc1ccccc1. The molecule has 0 N–H and O–H groups in total. The smallest absolute Gasteiger partial charge is 0.376 e. The van der Waals surface area contributed by atoms with Crippen LogP contribution in [0.4, 0.5) is 0 Å². The van der Waals surface area contributed by atoms with Crippen LogP contribution in [-0.4, -0.2) is 72.2 Å². The molecule has 5 atom stereocenters. The lowest BCUT2D eigenvalue weighted by atomic mass is 9.68. The van der Waals surface area contributed by atoms with E-state index < -0.39 is 47.4 Å². The Hall–Kier alpha value is -4.18. The molecule has 216 valence electrons. The van der Waals surface area contributed by atoms with Crippen molar-refractivity contribution in [1.29, 1.82) is 0 Å². The van der Waals surface area contributed by atoms with Crippen LogP contribution in [0.25, 0.3) is 0 Å². The molecule has 41 heavy (non-hydrogen) atoms. The summed E-state index contributed by atoms with van der Waals surface area (Å²) >= 11 is 0. The maximum Gasteiger partial charge on any atom is 0.376 e. The van der Waals surface area contributed by atoms with E-state index in [4.69, 9.17) is 19.0 Å². The molecule has 3 aliphatic rings. The minimum absolute atomic E-state index is 0.0893. The fraction of sp³-hybridized carbons (Fsp3) is 0.419. The van der Waals surface area contributed by atoms with Crippen LogP contribution in [0.2, 0.25) is 0 Å². The van der Waals surface area contributed by atoms with Crippen molar-refractivity contribution in [3.8, 4) is 0 Å². The average molecular weight is 563 g/mol. The Bertz CT molecular complexity index is 1360. The van der Waals surface area contributed by atoms with Gasteiger partial charge in [-0.2, -0.15) is 0 Å². The zero-order chi connectivity index (χ0) is 29.3. The molecular formula is C31H34N2O8. The lowest BCUT2D eigenvalue weighted by molar-refractivity contribution is -0.231. The molecule has 0 radical (unpaired) electrons. The predicted molar refractivity (Wildman–Crippen MR) is 145 cm³/mol. The predicted octanol–water partition coefficient (Wildman–Crippen LogP) is 2.81. The second-order valence-electron chi connectivity index (χ2n) is 10.7. The van der Waals surface area contributed by atoms with Gasteiger partial charge in [0.15, 0.2) is 0 Å². The van der Waals surface area contributed by atoms with Gasteiger partial charge in [0.05, 0.1) is 26.4 Å². The lowest BCUT2D eigenvalue weighted by Gasteiger charge is -2.47. The van der Waals surface area contributed by atoms with Crippen molar-refractivity contribution >= 4 is 23.8 Å². The van der Waals surface area contributed by atoms with Gasteiger partial charge < -0.3 is 23.9 Å². The van der Waals surface area contributed by atoms with Crippen molar-refractivity contribution in [2.45, 2.75) is 50.9 Å². The van der Waals surface area contributed by atoms with Crippen LogP contribution in [0.15, 0.2) is 72.0 Å². The number of methoxy groups -OCH3 is 2. The maximum absolute atomic E-state index is 14.3. The molecule has 2 saturated heterocycles. The Morgan fingerprint density at radius 3 is 2.15 bits per heavy atom. The summed E-state index contributed by atoms with van der Waals surface area (Å²) in [5.74, 6) is -4.00. The number of nitrogens with zero attached hydrogens (tertiary/aromatic N) is 2. The van der Waals surface area contributed by atoms with Crippen LogP contribution >= 0.6 is 0 Å². The molecule has 3 heterocycles. The molecule has 0 saturated carbocycles. The largest absolute Gasteiger partial charge is 0.465 e. The van der Waals surface area contributed by atoms with Crippen LogP contribution in [0.3, 0.4) is 0 Å². The van der Waals surface area contributed by atoms with Gasteiger partial charge in [-0.15, -0.1) is 5.06 Å². The summed E-state index contributed by atoms with van der Waals surface area (Å²) in [5, 5.41) is 1.36. The Kier molecular flexibility index (Phi) is 7.86. The number of hydroxylamine groups is 2. The minimum Gasteiger partial charge on any atom is -0.465 e. The van der Waals surface area contributed by atoms with Crippen LogP contribution in [0.5, 0.6) is 0 Å². The van der Waals surface area contributed by atoms with Gasteiger partial charge in [-0.3, -0.25) is 9.59 Å². The maximum atomic E-state index is 14.3. The topological polar surface area (TPSA) is 112 Å². The molecule has 0 unspecified atom stereocenters. The lowest BCUT2D eigenvalue weighted by Crippen LogP contribution is -2.63. The second kappa shape index (κ2) is 11.4. The Morgan fingerprint density at radius 2 is 1.56 bits per heavy atom. The molecule has 0 aromatic heterocycles. The standard InChI is InChI=1S/C31H34N2O8/c1-5-40-29(36)25-23-21(17-31(2)24(28(35)38-3)26(30(37)39-4)41-33(25)31)27(34)32(18-20-14-10-7-11-15-20)22(23)16-19-12-8-6-9-13-19/h6-15,21-23,25H,5,16-18H2,1-4H3/t21-,22+,23-,25+,31+/m1/s1. The van der Waals surface area contributed by atoms with E-state index in [1.54, 1.807) is 13.8 Å². The molecule has 2 aromatic rings. The Balaban J connectivity index is 1.64. The first-order valence-electron chi connectivity index (χ1n) is 13.7. The number of carbonyl (C=O) groups is 4. The molecule has 2 aromatic carbocycles.